The Hall–Kier alpha value is -3.01. The molecule has 0 spiro atoms. The van der Waals surface area contributed by atoms with Crippen molar-refractivity contribution in [2.75, 3.05) is 5.32 Å². The molecule has 0 atom stereocenters. The number of benzene rings is 2. The molecule has 1 amide bonds. The summed E-state index contributed by atoms with van der Waals surface area (Å²) < 4.78 is 11.4. The lowest BCUT2D eigenvalue weighted by molar-refractivity contribution is 0.102. The van der Waals surface area contributed by atoms with E-state index >= 15 is 0 Å². The molecule has 0 bridgehead atoms. The van der Waals surface area contributed by atoms with Gasteiger partial charge in [0, 0.05) is 17.3 Å². The van der Waals surface area contributed by atoms with Gasteiger partial charge >= 0.3 is 0 Å². The molecule has 0 aliphatic carbocycles. The lowest BCUT2D eigenvalue weighted by Gasteiger charge is -2.11. The van der Waals surface area contributed by atoms with Crippen LogP contribution in [0.3, 0.4) is 0 Å². The maximum atomic E-state index is 12.6. The van der Waals surface area contributed by atoms with Crippen molar-refractivity contribution in [1.29, 1.82) is 0 Å². The third kappa shape index (κ3) is 4.10. The van der Waals surface area contributed by atoms with E-state index in [1.807, 2.05) is 68.4 Å². The summed E-state index contributed by atoms with van der Waals surface area (Å²) in [4.78, 5) is 12.6. The van der Waals surface area contributed by atoms with Crippen molar-refractivity contribution in [3.8, 4) is 17.1 Å². The minimum atomic E-state index is -0.204. The van der Waals surface area contributed by atoms with Crippen molar-refractivity contribution in [3.63, 3.8) is 0 Å². The molecule has 25 heavy (non-hydrogen) atoms. The van der Waals surface area contributed by atoms with Crippen LogP contribution in [0.5, 0.6) is 5.75 Å². The van der Waals surface area contributed by atoms with E-state index in [9.17, 15) is 4.79 Å². The molecule has 2 aromatic carbocycles. The molecular weight excluding hydrogens is 314 g/mol. The van der Waals surface area contributed by atoms with Gasteiger partial charge in [0.05, 0.1) is 11.7 Å². The van der Waals surface area contributed by atoms with Crippen LogP contribution < -0.4 is 10.1 Å². The number of anilines is 1. The molecule has 0 fully saturated rings. The Kier molecular flexibility index (Phi) is 4.89. The second kappa shape index (κ2) is 7.26. The molecule has 1 aromatic heterocycles. The van der Waals surface area contributed by atoms with E-state index < -0.39 is 0 Å². The lowest BCUT2D eigenvalue weighted by atomic mass is 10.1. The van der Waals surface area contributed by atoms with Crippen molar-refractivity contribution in [2.45, 2.75) is 26.9 Å². The first-order valence-electron chi connectivity index (χ1n) is 8.27. The van der Waals surface area contributed by atoms with Crippen LogP contribution in [0, 0.1) is 6.92 Å². The topological polar surface area (TPSA) is 51.5 Å². The minimum Gasteiger partial charge on any atom is -0.491 e. The van der Waals surface area contributed by atoms with Crippen molar-refractivity contribution in [3.05, 3.63) is 72.0 Å². The SMILES string of the molecule is Cc1oc(-c2ccccc2)cc1C(=O)Nc1cccc(OC(C)C)c1. The van der Waals surface area contributed by atoms with Crippen LogP contribution in [-0.2, 0) is 0 Å². The Bertz CT molecular complexity index is 866. The third-order valence-electron chi connectivity index (χ3n) is 3.68. The summed E-state index contributed by atoms with van der Waals surface area (Å²) in [7, 11) is 0. The Morgan fingerprint density at radius 3 is 2.52 bits per heavy atom. The molecule has 0 unspecified atom stereocenters. The van der Waals surface area contributed by atoms with Gasteiger partial charge in [0.25, 0.3) is 5.91 Å². The zero-order valence-electron chi connectivity index (χ0n) is 14.6. The maximum absolute atomic E-state index is 12.6. The average molecular weight is 335 g/mol. The van der Waals surface area contributed by atoms with E-state index in [1.54, 1.807) is 13.0 Å². The molecule has 4 heteroatoms. The molecule has 3 rings (SSSR count). The highest BCUT2D eigenvalue weighted by molar-refractivity contribution is 6.05. The van der Waals surface area contributed by atoms with Gasteiger partial charge in [-0.25, -0.2) is 0 Å². The smallest absolute Gasteiger partial charge is 0.259 e. The summed E-state index contributed by atoms with van der Waals surface area (Å²) in [5.74, 6) is 1.79. The molecule has 0 aliphatic heterocycles. The second-order valence-corrected chi connectivity index (χ2v) is 6.10. The average Bonchev–Trinajstić information content (AvgIpc) is 2.97. The number of hydrogen-bond acceptors (Lipinski definition) is 3. The van der Waals surface area contributed by atoms with Crippen molar-refractivity contribution in [1.82, 2.24) is 0 Å². The number of nitrogens with one attached hydrogen (secondary N) is 1. The fourth-order valence-electron chi connectivity index (χ4n) is 2.57. The summed E-state index contributed by atoms with van der Waals surface area (Å²) in [6.07, 6.45) is 0.0792. The lowest BCUT2D eigenvalue weighted by Crippen LogP contribution is -2.12. The first-order chi connectivity index (χ1) is 12.0. The van der Waals surface area contributed by atoms with Gasteiger partial charge in [0.2, 0.25) is 0 Å². The highest BCUT2D eigenvalue weighted by Gasteiger charge is 2.16. The molecule has 0 saturated carbocycles. The summed E-state index contributed by atoms with van der Waals surface area (Å²) >= 11 is 0. The van der Waals surface area contributed by atoms with Crippen molar-refractivity contribution < 1.29 is 13.9 Å². The van der Waals surface area contributed by atoms with Crippen LogP contribution >= 0.6 is 0 Å². The van der Waals surface area contributed by atoms with Gasteiger partial charge in [-0.3, -0.25) is 4.79 Å². The monoisotopic (exact) mass is 335 g/mol. The number of furan rings is 1. The number of ether oxygens (including phenoxy) is 1. The van der Waals surface area contributed by atoms with Gasteiger partial charge in [0.1, 0.15) is 17.3 Å². The van der Waals surface area contributed by atoms with Crippen LogP contribution in [0.15, 0.2) is 65.1 Å². The van der Waals surface area contributed by atoms with Crippen LogP contribution in [0.2, 0.25) is 0 Å². The van der Waals surface area contributed by atoms with E-state index in [1.165, 1.54) is 0 Å². The number of rotatable bonds is 5. The Labute approximate surface area is 147 Å². The molecule has 3 aromatic rings. The number of carbonyl (C=O) groups excluding carboxylic acids is 1. The maximum Gasteiger partial charge on any atom is 0.259 e. The predicted octanol–water partition coefficient (Wildman–Crippen LogP) is 5.29. The molecular formula is C21H21NO3. The largest absolute Gasteiger partial charge is 0.491 e. The quantitative estimate of drug-likeness (QED) is 0.689. The van der Waals surface area contributed by atoms with Crippen molar-refractivity contribution >= 4 is 11.6 Å². The normalized spacial score (nSPS) is 10.7. The summed E-state index contributed by atoms with van der Waals surface area (Å²) in [5.41, 5.74) is 2.15. The van der Waals surface area contributed by atoms with E-state index in [0.29, 0.717) is 22.8 Å². The third-order valence-corrected chi connectivity index (χ3v) is 3.68. The molecule has 1 N–H and O–H groups in total. The first kappa shape index (κ1) is 16.8. The van der Waals surface area contributed by atoms with E-state index in [-0.39, 0.29) is 12.0 Å². The number of aryl methyl sites for hydroxylation is 1. The fourth-order valence-corrected chi connectivity index (χ4v) is 2.57. The van der Waals surface area contributed by atoms with Gasteiger partial charge in [-0.15, -0.1) is 0 Å². The standard InChI is InChI=1S/C21H21NO3/c1-14(2)24-18-11-7-10-17(12-18)22-21(23)19-13-20(25-15(19)3)16-8-5-4-6-9-16/h4-14H,1-3H3,(H,22,23). The van der Waals surface area contributed by atoms with E-state index in [2.05, 4.69) is 5.32 Å². The summed E-state index contributed by atoms with van der Waals surface area (Å²) in [6.45, 7) is 5.72. The molecule has 128 valence electrons. The number of amides is 1. The molecule has 1 heterocycles. The summed E-state index contributed by atoms with van der Waals surface area (Å²) in [6, 6.07) is 18.9. The second-order valence-electron chi connectivity index (χ2n) is 6.10. The Balaban J connectivity index is 1.79. The van der Waals surface area contributed by atoms with Gasteiger partial charge < -0.3 is 14.5 Å². The fraction of sp³-hybridized carbons (Fsp3) is 0.190. The van der Waals surface area contributed by atoms with Crippen LogP contribution in [-0.4, -0.2) is 12.0 Å². The molecule has 4 nitrogen and oxygen atoms in total. The van der Waals surface area contributed by atoms with Gasteiger partial charge in [-0.1, -0.05) is 36.4 Å². The predicted molar refractivity (Wildman–Crippen MR) is 99.0 cm³/mol. The van der Waals surface area contributed by atoms with E-state index in [4.69, 9.17) is 9.15 Å². The zero-order valence-corrected chi connectivity index (χ0v) is 14.6. The summed E-state index contributed by atoms with van der Waals surface area (Å²) in [5, 5.41) is 2.90. The van der Waals surface area contributed by atoms with Gasteiger partial charge in [-0.2, -0.15) is 0 Å². The van der Waals surface area contributed by atoms with Crippen LogP contribution in [0.1, 0.15) is 30.0 Å². The van der Waals surface area contributed by atoms with E-state index in [0.717, 1.165) is 11.3 Å². The van der Waals surface area contributed by atoms with Gasteiger partial charge in [0.15, 0.2) is 0 Å². The first-order valence-corrected chi connectivity index (χ1v) is 8.27. The van der Waals surface area contributed by atoms with Crippen LogP contribution in [0.4, 0.5) is 5.69 Å². The Morgan fingerprint density at radius 2 is 1.80 bits per heavy atom. The molecule has 0 aliphatic rings. The number of hydrogen-bond donors (Lipinski definition) is 1. The highest BCUT2D eigenvalue weighted by Crippen LogP contribution is 2.26. The Morgan fingerprint density at radius 1 is 1.04 bits per heavy atom. The molecule has 0 radical (unpaired) electrons. The highest BCUT2D eigenvalue weighted by atomic mass is 16.5. The van der Waals surface area contributed by atoms with Crippen molar-refractivity contribution in [2.24, 2.45) is 0 Å². The van der Waals surface area contributed by atoms with Crippen LogP contribution in [0.25, 0.3) is 11.3 Å². The number of carbonyl (C=O) groups is 1. The zero-order chi connectivity index (χ0) is 17.8. The van der Waals surface area contributed by atoms with Gasteiger partial charge in [-0.05, 0) is 39.0 Å². The minimum absolute atomic E-state index is 0.0792. The molecule has 0 saturated heterocycles.